The highest BCUT2D eigenvalue weighted by molar-refractivity contribution is 6.08. The number of carbonyl (C=O) groups is 2. The molecule has 0 aromatic heterocycles. The molecule has 4 nitrogen and oxygen atoms in total. The summed E-state index contributed by atoms with van der Waals surface area (Å²) in [6, 6.07) is 10.5. The average Bonchev–Trinajstić information content (AvgIpc) is 2.47. The van der Waals surface area contributed by atoms with Gasteiger partial charge in [-0.25, -0.2) is 0 Å². The summed E-state index contributed by atoms with van der Waals surface area (Å²) in [5.41, 5.74) is -0.431. The van der Waals surface area contributed by atoms with E-state index in [0.717, 1.165) is 12.1 Å². The Morgan fingerprint density at radius 2 is 1.77 bits per heavy atom. The smallest absolute Gasteiger partial charge is 0.328 e. The Balaban J connectivity index is 2.24. The van der Waals surface area contributed by atoms with Crippen molar-refractivity contribution in [3.63, 3.8) is 0 Å². The first kappa shape index (κ1) is 15.6. The molecule has 0 saturated heterocycles. The molecule has 0 spiro atoms. The lowest BCUT2D eigenvalue weighted by molar-refractivity contribution is -0.137. The third kappa shape index (κ3) is 3.63. The minimum atomic E-state index is -4.49. The molecule has 22 heavy (non-hydrogen) atoms. The van der Waals surface area contributed by atoms with Gasteiger partial charge in [0.1, 0.15) is 0 Å². The first-order valence-electron chi connectivity index (χ1n) is 6.19. The van der Waals surface area contributed by atoms with E-state index in [2.05, 4.69) is 10.6 Å². The van der Waals surface area contributed by atoms with Crippen molar-refractivity contribution in [2.75, 3.05) is 10.6 Å². The SMILES string of the molecule is O=CNc1ccccc1C(=O)Nc1cccc(C(F)(F)F)c1. The molecule has 0 bridgehead atoms. The molecule has 0 aliphatic carbocycles. The molecule has 2 aromatic rings. The van der Waals surface area contributed by atoms with Gasteiger partial charge in [0.25, 0.3) is 5.91 Å². The van der Waals surface area contributed by atoms with Gasteiger partial charge < -0.3 is 10.6 Å². The van der Waals surface area contributed by atoms with E-state index in [1.807, 2.05) is 0 Å². The predicted molar refractivity (Wildman–Crippen MR) is 75.5 cm³/mol. The molecule has 2 amide bonds. The maximum Gasteiger partial charge on any atom is 0.416 e. The number of carbonyl (C=O) groups excluding carboxylic acids is 2. The Kier molecular flexibility index (Phi) is 4.45. The largest absolute Gasteiger partial charge is 0.416 e. The minimum Gasteiger partial charge on any atom is -0.328 e. The Morgan fingerprint density at radius 1 is 1.05 bits per heavy atom. The second-order valence-electron chi connectivity index (χ2n) is 4.34. The summed E-state index contributed by atoms with van der Waals surface area (Å²) in [4.78, 5) is 22.6. The van der Waals surface area contributed by atoms with E-state index in [9.17, 15) is 22.8 Å². The summed E-state index contributed by atoms with van der Waals surface area (Å²) < 4.78 is 37.9. The van der Waals surface area contributed by atoms with Crippen LogP contribution in [0.3, 0.4) is 0 Å². The number of alkyl halides is 3. The summed E-state index contributed by atoms with van der Waals surface area (Å²) in [7, 11) is 0. The zero-order valence-electron chi connectivity index (χ0n) is 11.1. The number of hydrogen-bond donors (Lipinski definition) is 2. The molecule has 0 unspecified atom stereocenters. The third-order valence-corrected chi connectivity index (χ3v) is 2.83. The van der Waals surface area contributed by atoms with Crippen molar-refractivity contribution in [1.29, 1.82) is 0 Å². The van der Waals surface area contributed by atoms with Crippen LogP contribution in [0.5, 0.6) is 0 Å². The fourth-order valence-corrected chi connectivity index (χ4v) is 1.84. The molecule has 114 valence electrons. The Labute approximate surface area is 124 Å². The summed E-state index contributed by atoms with van der Waals surface area (Å²) in [5.74, 6) is -0.621. The first-order valence-corrected chi connectivity index (χ1v) is 6.19. The fourth-order valence-electron chi connectivity index (χ4n) is 1.84. The molecule has 0 aliphatic heterocycles. The van der Waals surface area contributed by atoms with Crippen LogP contribution in [0.1, 0.15) is 15.9 Å². The van der Waals surface area contributed by atoms with Crippen molar-refractivity contribution < 1.29 is 22.8 Å². The van der Waals surface area contributed by atoms with Crippen molar-refractivity contribution in [2.45, 2.75) is 6.18 Å². The number of rotatable bonds is 4. The van der Waals surface area contributed by atoms with Crippen LogP contribution in [-0.4, -0.2) is 12.3 Å². The van der Waals surface area contributed by atoms with Crippen LogP contribution >= 0.6 is 0 Å². The second-order valence-corrected chi connectivity index (χ2v) is 4.34. The molecular weight excluding hydrogens is 297 g/mol. The van der Waals surface area contributed by atoms with Crippen LogP contribution in [-0.2, 0) is 11.0 Å². The maximum atomic E-state index is 12.6. The highest BCUT2D eigenvalue weighted by Gasteiger charge is 2.30. The quantitative estimate of drug-likeness (QED) is 0.849. The van der Waals surface area contributed by atoms with Gasteiger partial charge in [-0.2, -0.15) is 13.2 Å². The van der Waals surface area contributed by atoms with Gasteiger partial charge in [-0.05, 0) is 30.3 Å². The number of amides is 2. The van der Waals surface area contributed by atoms with E-state index in [1.165, 1.54) is 24.3 Å². The van der Waals surface area contributed by atoms with Crippen LogP contribution in [0.15, 0.2) is 48.5 Å². The van der Waals surface area contributed by atoms with E-state index in [-0.39, 0.29) is 16.9 Å². The van der Waals surface area contributed by atoms with Crippen LogP contribution in [0, 0.1) is 0 Å². The van der Waals surface area contributed by atoms with Crippen molar-refractivity contribution in [2.24, 2.45) is 0 Å². The highest BCUT2D eigenvalue weighted by Crippen LogP contribution is 2.30. The molecule has 0 aliphatic rings. The van der Waals surface area contributed by atoms with Gasteiger partial charge in [-0.3, -0.25) is 9.59 Å². The van der Waals surface area contributed by atoms with E-state index in [1.54, 1.807) is 12.1 Å². The molecule has 0 radical (unpaired) electrons. The number of anilines is 2. The molecule has 7 heteroatoms. The fraction of sp³-hybridized carbons (Fsp3) is 0.0667. The molecule has 2 N–H and O–H groups in total. The molecule has 0 atom stereocenters. The van der Waals surface area contributed by atoms with Crippen LogP contribution in [0.4, 0.5) is 24.5 Å². The average molecular weight is 308 g/mol. The van der Waals surface area contributed by atoms with E-state index in [0.29, 0.717) is 6.41 Å². The van der Waals surface area contributed by atoms with E-state index >= 15 is 0 Å². The normalized spacial score (nSPS) is 10.9. The van der Waals surface area contributed by atoms with Gasteiger partial charge in [0.15, 0.2) is 0 Å². The van der Waals surface area contributed by atoms with Crippen molar-refractivity contribution >= 4 is 23.7 Å². The lowest BCUT2D eigenvalue weighted by atomic mass is 10.1. The zero-order valence-corrected chi connectivity index (χ0v) is 11.1. The summed E-state index contributed by atoms with van der Waals surface area (Å²) in [5, 5.41) is 4.73. The van der Waals surface area contributed by atoms with Crippen LogP contribution < -0.4 is 10.6 Å². The molecule has 0 heterocycles. The number of halogens is 3. The summed E-state index contributed by atoms with van der Waals surface area (Å²) in [6.45, 7) is 0. The zero-order chi connectivity index (χ0) is 16.2. The molecule has 0 saturated carbocycles. The number of para-hydroxylation sites is 1. The maximum absolute atomic E-state index is 12.6. The van der Waals surface area contributed by atoms with Gasteiger partial charge in [0.05, 0.1) is 16.8 Å². The minimum absolute atomic E-state index is 0.0146. The molecule has 0 fully saturated rings. The Morgan fingerprint density at radius 3 is 2.45 bits per heavy atom. The molecule has 2 rings (SSSR count). The van der Waals surface area contributed by atoms with Crippen molar-refractivity contribution in [1.82, 2.24) is 0 Å². The van der Waals surface area contributed by atoms with Crippen molar-refractivity contribution in [3.8, 4) is 0 Å². The lowest BCUT2D eigenvalue weighted by Crippen LogP contribution is -2.15. The van der Waals surface area contributed by atoms with Crippen LogP contribution in [0.2, 0.25) is 0 Å². The van der Waals surface area contributed by atoms with Crippen LogP contribution in [0.25, 0.3) is 0 Å². The third-order valence-electron chi connectivity index (χ3n) is 2.83. The number of hydrogen-bond acceptors (Lipinski definition) is 2. The second kappa shape index (κ2) is 6.30. The van der Waals surface area contributed by atoms with Crippen molar-refractivity contribution in [3.05, 3.63) is 59.7 Å². The van der Waals surface area contributed by atoms with E-state index in [4.69, 9.17) is 0 Å². The first-order chi connectivity index (χ1) is 10.4. The Bertz CT molecular complexity index is 699. The van der Waals surface area contributed by atoms with Gasteiger partial charge in [-0.1, -0.05) is 18.2 Å². The number of benzene rings is 2. The topological polar surface area (TPSA) is 58.2 Å². The van der Waals surface area contributed by atoms with E-state index < -0.39 is 17.6 Å². The standard InChI is InChI=1S/C15H11F3N2O2/c16-15(17,18)10-4-3-5-11(8-10)20-14(22)12-6-1-2-7-13(12)19-9-21/h1-9H,(H,19,21)(H,20,22). The lowest BCUT2D eigenvalue weighted by Gasteiger charge is -2.11. The highest BCUT2D eigenvalue weighted by atomic mass is 19.4. The van der Waals surface area contributed by atoms with Gasteiger partial charge in [-0.15, -0.1) is 0 Å². The molecule has 2 aromatic carbocycles. The Hall–Kier alpha value is -2.83. The predicted octanol–water partition coefficient (Wildman–Crippen LogP) is 3.53. The summed E-state index contributed by atoms with van der Waals surface area (Å²) >= 11 is 0. The van der Waals surface area contributed by atoms with Gasteiger partial charge in [0, 0.05) is 5.69 Å². The summed E-state index contributed by atoms with van der Waals surface area (Å²) in [6.07, 6.45) is -4.08. The monoisotopic (exact) mass is 308 g/mol. The number of nitrogens with one attached hydrogen (secondary N) is 2. The van der Waals surface area contributed by atoms with Gasteiger partial charge in [0.2, 0.25) is 6.41 Å². The van der Waals surface area contributed by atoms with Gasteiger partial charge >= 0.3 is 6.18 Å². The molecular formula is C15H11F3N2O2.